The first-order valence-corrected chi connectivity index (χ1v) is 9.53. The Hall–Kier alpha value is -2.73. The topological polar surface area (TPSA) is 71.2 Å². The second-order valence-electron chi connectivity index (χ2n) is 7.07. The molecule has 1 aliphatic rings. The summed E-state index contributed by atoms with van der Waals surface area (Å²) in [6.07, 6.45) is 7.21. The summed E-state index contributed by atoms with van der Waals surface area (Å²) in [7, 11) is 0. The smallest absolute Gasteiger partial charge is 0.255 e. The maximum atomic E-state index is 12.9. The first kappa shape index (κ1) is 17.7. The molecule has 0 spiro atoms. The zero-order valence-electron chi connectivity index (χ0n) is 15.3. The van der Waals surface area contributed by atoms with Gasteiger partial charge in [-0.1, -0.05) is 30.3 Å². The molecule has 6 nitrogen and oxygen atoms in total. The Labute approximate surface area is 158 Å². The molecule has 1 aliphatic heterocycles. The largest absolute Gasteiger partial charge is 0.394 e. The van der Waals surface area contributed by atoms with Crippen LogP contribution in [0.2, 0.25) is 0 Å². The van der Waals surface area contributed by atoms with Gasteiger partial charge in [-0.25, -0.2) is 9.97 Å². The number of likely N-dealkylation sites (tertiary alicyclic amines) is 1. The average Bonchev–Trinajstić information content (AvgIpc) is 3.14. The third-order valence-corrected chi connectivity index (χ3v) is 5.29. The van der Waals surface area contributed by atoms with Gasteiger partial charge in [-0.3, -0.25) is 4.79 Å². The van der Waals surface area contributed by atoms with Crippen molar-refractivity contribution in [3.05, 3.63) is 60.0 Å². The summed E-state index contributed by atoms with van der Waals surface area (Å²) in [5.74, 6) is -0.0676. The minimum absolute atomic E-state index is 0.00945. The van der Waals surface area contributed by atoms with Crippen LogP contribution in [0.1, 0.15) is 35.2 Å². The van der Waals surface area contributed by atoms with Crippen LogP contribution in [0.5, 0.6) is 0 Å². The predicted octanol–water partition coefficient (Wildman–Crippen LogP) is 2.66. The van der Waals surface area contributed by atoms with Gasteiger partial charge in [-0.15, -0.1) is 0 Å². The van der Waals surface area contributed by atoms with E-state index >= 15 is 0 Å². The highest BCUT2D eigenvalue weighted by molar-refractivity contribution is 5.96. The molecule has 1 saturated heterocycles. The van der Waals surface area contributed by atoms with Gasteiger partial charge >= 0.3 is 0 Å². The number of amides is 1. The van der Waals surface area contributed by atoms with Gasteiger partial charge in [0.25, 0.3) is 5.91 Å². The fourth-order valence-corrected chi connectivity index (χ4v) is 3.75. The Morgan fingerprint density at radius 2 is 2.04 bits per heavy atom. The van der Waals surface area contributed by atoms with E-state index in [9.17, 15) is 9.90 Å². The molecular formula is C21H24N4O2. The number of hydrogen-bond acceptors (Lipinski definition) is 4. The van der Waals surface area contributed by atoms with E-state index in [1.54, 1.807) is 17.4 Å². The first-order valence-electron chi connectivity index (χ1n) is 9.53. The molecule has 3 aromatic rings. The number of fused-ring (bicyclic) bond motifs is 1. The Kier molecular flexibility index (Phi) is 5.16. The fraction of sp³-hybridized carbons (Fsp3) is 0.381. The lowest BCUT2D eigenvalue weighted by atomic mass is 10.0. The summed E-state index contributed by atoms with van der Waals surface area (Å²) in [6.45, 7) is 1.49. The first-order chi connectivity index (χ1) is 13.3. The van der Waals surface area contributed by atoms with Crippen LogP contribution in [0.4, 0.5) is 0 Å². The van der Waals surface area contributed by atoms with Crippen molar-refractivity contribution >= 4 is 17.1 Å². The number of aryl methyl sites for hydroxylation is 2. The van der Waals surface area contributed by atoms with Crippen molar-refractivity contribution in [1.82, 2.24) is 19.4 Å². The van der Waals surface area contributed by atoms with E-state index in [1.807, 2.05) is 28.8 Å². The third kappa shape index (κ3) is 3.71. The normalized spacial score (nSPS) is 17.4. The molecule has 6 heteroatoms. The van der Waals surface area contributed by atoms with E-state index < -0.39 is 0 Å². The number of piperidine rings is 1. The highest BCUT2D eigenvalue weighted by Crippen LogP contribution is 2.21. The second-order valence-corrected chi connectivity index (χ2v) is 7.07. The van der Waals surface area contributed by atoms with Gasteiger partial charge in [-0.05, 0) is 37.3 Å². The molecule has 1 fully saturated rings. The molecule has 140 valence electrons. The van der Waals surface area contributed by atoms with E-state index in [0.717, 1.165) is 43.4 Å². The lowest BCUT2D eigenvalue weighted by Gasteiger charge is -2.34. The molecule has 1 amide bonds. The molecule has 0 radical (unpaired) electrons. The van der Waals surface area contributed by atoms with Gasteiger partial charge in [0, 0.05) is 19.3 Å². The van der Waals surface area contributed by atoms with Gasteiger partial charge in [-0.2, -0.15) is 0 Å². The van der Waals surface area contributed by atoms with Crippen molar-refractivity contribution in [2.24, 2.45) is 0 Å². The maximum Gasteiger partial charge on any atom is 0.255 e. The highest BCUT2D eigenvalue weighted by atomic mass is 16.3. The van der Waals surface area contributed by atoms with Crippen LogP contribution in [-0.4, -0.2) is 49.6 Å². The molecule has 27 heavy (non-hydrogen) atoms. The molecule has 1 unspecified atom stereocenters. The van der Waals surface area contributed by atoms with Crippen LogP contribution in [0.15, 0.2) is 48.9 Å². The molecule has 0 bridgehead atoms. The van der Waals surface area contributed by atoms with Gasteiger partial charge in [0.1, 0.15) is 5.52 Å². The quantitative estimate of drug-likeness (QED) is 0.756. The summed E-state index contributed by atoms with van der Waals surface area (Å²) in [5, 5.41) is 9.56. The minimum Gasteiger partial charge on any atom is -0.394 e. The van der Waals surface area contributed by atoms with Crippen molar-refractivity contribution in [2.45, 2.75) is 38.3 Å². The Balaban J connectivity index is 1.52. The minimum atomic E-state index is -0.0922. The monoisotopic (exact) mass is 364 g/mol. The lowest BCUT2D eigenvalue weighted by Crippen LogP contribution is -2.45. The summed E-state index contributed by atoms with van der Waals surface area (Å²) in [5.41, 5.74) is 3.33. The van der Waals surface area contributed by atoms with E-state index in [0.29, 0.717) is 12.1 Å². The number of nitrogens with zero attached hydrogens (tertiary/aromatic N) is 4. The predicted molar refractivity (Wildman–Crippen MR) is 103 cm³/mol. The fourth-order valence-electron chi connectivity index (χ4n) is 3.75. The second kappa shape index (κ2) is 7.88. The van der Waals surface area contributed by atoms with Gasteiger partial charge in [0.05, 0.1) is 24.5 Å². The molecule has 1 N–H and O–H groups in total. The van der Waals surface area contributed by atoms with Gasteiger partial charge in [0.15, 0.2) is 5.65 Å². The van der Waals surface area contributed by atoms with Gasteiger partial charge < -0.3 is 14.6 Å². The van der Waals surface area contributed by atoms with E-state index in [4.69, 9.17) is 0 Å². The van der Waals surface area contributed by atoms with Crippen LogP contribution >= 0.6 is 0 Å². The molecule has 0 aliphatic carbocycles. The molecule has 3 heterocycles. The molecule has 1 aromatic carbocycles. The number of hydrogen-bond donors (Lipinski definition) is 1. The van der Waals surface area contributed by atoms with E-state index in [1.165, 1.54) is 5.56 Å². The van der Waals surface area contributed by atoms with Crippen molar-refractivity contribution in [3.63, 3.8) is 0 Å². The summed E-state index contributed by atoms with van der Waals surface area (Å²) < 4.78 is 2.02. The van der Waals surface area contributed by atoms with Crippen LogP contribution in [0.25, 0.3) is 11.2 Å². The van der Waals surface area contributed by atoms with Crippen LogP contribution in [0.3, 0.4) is 0 Å². The number of pyridine rings is 1. The number of carbonyl (C=O) groups is 1. The van der Waals surface area contributed by atoms with Gasteiger partial charge in [0.2, 0.25) is 0 Å². The summed E-state index contributed by atoms with van der Waals surface area (Å²) >= 11 is 0. The molecular weight excluding hydrogens is 340 g/mol. The Morgan fingerprint density at radius 1 is 1.19 bits per heavy atom. The van der Waals surface area contributed by atoms with Crippen molar-refractivity contribution in [2.75, 3.05) is 13.2 Å². The standard InChI is InChI=1S/C21H24N4O2/c26-14-18-8-4-5-10-25(18)21(27)17-12-19-20(22-13-17)24(15-23-19)11-9-16-6-2-1-3-7-16/h1-3,6-7,12-13,15,18,26H,4-5,8-11,14H2. The van der Waals surface area contributed by atoms with Crippen LogP contribution in [-0.2, 0) is 13.0 Å². The van der Waals surface area contributed by atoms with Crippen molar-refractivity contribution in [3.8, 4) is 0 Å². The van der Waals surface area contributed by atoms with Crippen molar-refractivity contribution in [1.29, 1.82) is 0 Å². The average molecular weight is 364 g/mol. The highest BCUT2D eigenvalue weighted by Gasteiger charge is 2.27. The molecule has 0 saturated carbocycles. The number of carbonyl (C=O) groups excluding carboxylic acids is 1. The number of aliphatic hydroxyl groups excluding tert-OH is 1. The number of aliphatic hydroxyl groups is 1. The lowest BCUT2D eigenvalue weighted by molar-refractivity contribution is 0.0503. The van der Waals surface area contributed by atoms with Crippen LogP contribution in [0, 0.1) is 0 Å². The van der Waals surface area contributed by atoms with Crippen molar-refractivity contribution < 1.29 is 9.90 Å². The maximum absolute atomic E-state index is 12.9. The summed E-state index contributed by atoms with van der Waals surface area (Å²) in [4.78, 5) is 23.6. The SMILES string of the molecule is O=C(c1cnc2c(c1)ncn2CCc1ccccc1)N1CCCCC1CO. The molecule has 4 rings (SSSR count). The number of imidazole rings is 1. The Bertz CT molecular complexity index is 922. The van der Waals surface area contributed by atoms with E-state index in [2.05, 4.69) is 22.1 Å². The zero-order chi connectivity index (χ0) is 18.6. The third-order valence-electron chi connectivity index (χ3n) is 5.29. The molecule has 1 atom stereocenters. The molecule has 2 aromatic heterocycles. The summed E-state index contributed by atoms with van der Waals surface area (Å²) in [6, 6.07) is 12.0. The van der Waals surface area contributed by atoms with Crippen LogP contribution < -0.4 is 0 Å². The number of aromatic nitrogens is 3. The Morgan fingerprint density at radius 3 is 2.85 bits per heavy atom. The number of benzene rings is 1. The number of rotatable bonds is 5. The zero-order valence-corrected chi connectivity index (χ0v) is 15.3. The van der Waals surface area contributed by atoms with E-state index in [-0.39, 0.29) is 18.6 Å².